The molecule has 0 unspecified atom stereocenters. The van der Waals surface area contributed by atoms with Gasteiger partial charge in [0, 0.05) is 12.0 Å². The van der Waals surface area contributed by atoms with Crippen molar-refractivity contribution < 1.29 is 14.3 Å². The van der Waals surface area contributed by atoms with E-state index in [-0.39, 0.29) is 18.4 Å². The number of hydrogen-bond acceptors (Lipinski definition) is 7. The van der Waals surface area contributed by atoms with Gasteiger partial charge in [0.05, 0.1) is 36.5 Å². The van der Waals surface area contributed by atoms with E-state index >= 15 is 0 Å². The summed E-state index contributed by atoms with van der Waals surface area (Å²) >= 11 is 2.57. The molecule has 0 bridgehead atoms. The van der Waals surface area contributed by atoms with Crippen LogP contribution in [0.2, 0.25) is 0 Å². The summed E-state index contributed by atoms with van der Waals surface area (Å²) < 4.78 is 5.62. The van der Waals surface area contributed by atoms with Crippen molar-refractivity contribution in [3.05, 3.63) is 27.7 Å². The Morgan fingerprint density at radius 2 is 2.30 bits per heavy atom. The number of aromatic nitrogens is 2. The zero-order valence-corrected chi connectivity index (χ0v) is 13.9. The maximum absolute atomic E-state index is 12.7. The topological polar surface area (TPSA) is 98.4 Å². The van der Waals surface area contributed by atoms with Crippen LogP contribution in [0.3, 0.4) is 0 Å². The number of ether oxygens (including phenoxy) is 1. The van der Waals surface area contributed by atoms with Gasteiger partial charge in [0.2, 0.25) is 5.91 Å². The largest absolute Gasteiger partial charge is 0.376 e. The molecule has 1 aliphatic heterocycles. The van der Waals surface area contributed by atoms with Gasteiger partial charge < -0.3 is 10.5 Å². The third-order valence-electron chi connectivity index (χ3n) is 3.49. The van der Waals surface area contributed by atoms with Gasteiger partial charge in [-0.15, -0.1) is 11.3 Å². The van der Waals surface area contributed by atoms with E-state index in [4.69, 9.17) is 10.5 Å². The molecular weight excluding hydrogens is 336 g/mol. The number of nitrogens with two attached hydrogens (primary N) is 1. The molecule has 3 rings (SSSR count). The number of nitrogens with zero attached hydrogens (tertiary/aromatic N) is 3. The van der Waals surface area contributed by atoms with Gasteiger partial charge in [-0.2, -0.15) is 0 Å². The average Bonchev–Trinajstić information content (AvgIpc) is 3.26. The van der Waals surface area contributed by atoms with Crippen molar-refractivity contribution >= 4 is 39.6 Å². The van der Waals surface area contributed by atoms with Gasteiger partial charge in [-0.1, -0.05) is 11.3 Å². The molecule has 1 fully saturated rings. The van der Waals surface area contributed by atoms with Crippen LogP contribution in [-0.4, -0.2) is 41.0 Å². The highest BCUT2D eigenvalue weighted by atomic mass is 32.1. The fraction of sp³-hybridized carbons (Fsp3) is 0.429. The van der Waals surface area contributed by atoms with Crippen LogP contribution in [0.5, 0.6) is 0 Å². The van der Waals surface area contributed by atoms with Crippen LogP contribution >= 0.6 is 22.7 Å². The Bertz CT molecular complexity index is 680. The van der Waals surface area contributed by atoms with Crippen molar-refractivity contribution in [2.75, 3.05) is 18.1 Å². The minimum Gasteiger partial charge on any atom is -0.376 e. The van der Waals surface area contributed by atoms with E-state index in [0.717, 1.165) is 29.9 Å². The molecule has 1 saturated heterocycles. The molecule has 2 N–H and O–H groups in total. The van der Waals surface area contributed by atoms with Crippen molar-refractivity contribution in [2.45, 2.75) is 25.4 Å². The monoisotopic (exact) mass is 352 g/mol. The van der Waals surface area contributed by atoms with Gasteiger partial charge >= 0.3 is 0 Å². The Morgan fingerprint density at radius 3 is 2.91 bits per heavy atom. The van der Waals surface area contributed by atoms with Crippen LogP contribution in [0.15, 0.2) is 17.1 Å². The molecule has 2 aromatic rings. The van der Waals surface area contributed by atoms with Crippen molar-refractivity contribution in [1.82, 2.24) is 9.97 Å². The minimum absolute atomic E-state index is 0.00434. The standard InChI is InChI=1S/C14H16N4O3S2/c15-13(20)11-5-16-14(23-11)18(6-10-2-1-3-21-10)12(19)4-9-7-22-8-17-9/h5,7-8,10H,1-4,6H2,(H2,15,20)/t10-/m1/s1. The van der Waals surface area contributed by atoms with Gasteiger partial charge in [-0.05, 0) is 12.8 Å². The lowest BCUT2D eigenvalue weighted by atomic mass is 10.2. The van der Waals surface area contributed by atoms with Crippen LogP contribution < -0.4 is 10.6 Å². The molecule has 3 heterocycles. The van der Waals surface area contributed by atoms with E-state index in [1.54, 1.807) is 10.4 Å². The van der Waals surface area contributed by atoms with Gasteiger partial charge in [-0.25, -0.2) is 9.97 Å². The summed E-state index contributed by atoms with van der Waals surface area (Å²) in [5, 5.41) is 2.31. The molecule has 2 amide bonds. The number of hydrogen-bond donors (Lipinski definition) is 1. The van der Waals surface area contributed by atoms with E-state index in [2.05, 4.69) is 9.97 Å². The van der Waals surface area contributed by atoms with Crippen molar-refractivity contribution in [3.63, 3.8) is 0 Å². The maximum Gasteiger partial charge on any atom is 0.260 e. The van der Waals surface area contributed by atoms with Crippen molar-refractivity contribution in [1.29, 1.82) is 0 Å². The molecule has 1 atom stereocenters. The number of anilines is 1. The molecular formula is C14H16N4O3S2. The zero-order chi connectivity index (χ0) is 16.2. The number of primary amides is 1. The van der Waals surface area contributed by atoms with E-state index in [0.29, 0.717) is 23.2 Å². The number of rotatable bonds is 6. The third-order valence-corrected chi connectivity index (χ3v) is 5.16. The average molecular weight is 352 g/mol. The molecule has 0 saturated carbocycles. The SMILES string of the molecule is NC(=O)c1cnc(N(C[C@H]2CCCO2)C(=O)Cc2cscn2)s1. The predicted molar refractivity (Wildman–Crippen MR) is 87.8 cm³/mol. The summed E-state index contributed by atoms with van der Waals surface area (Å²) in [6.45, 7) is 1.14. The Morgan fingerprint density at radius 1 is 1.43 bits per heavy atom. The summed E-state index contributed by atoms with van der Waals surface area (Å²) in [5.41, 5.74) is 7.69. The van der Waals surface area contributed by atoms with Crippen LogP contribution in [-0.2, 0) is 16.0 Å². The Kier molecular flexibility index (Phi) is 4.99. The van der Waals surface area contributed by atoms with Gasteiger partial charge in [0.15, 0.2) is 5.13 Å². The summed E-state index contributed by atoms with van der Waals surface area (Å²) in [6, 6.07) is 0. The van der Waals surface area contributed by atoms with Crippen LogP contribution in [0.1, 0.15) is 28.2 Å². The molecule has 1 aliphatic rings. The summed E-state index contributed by atoms with van der Waals surface area (Å²) in [4.78, 5) is 34.2. The smallest absolute Gasteiger partial charge is 0.260 e. The second kappa shape index (κ2) is 7.16. The zero-order valence-electron chi connectivity index (χ0n) is 12.3. The molecule has 2 aromatic heterocycles. The molecule has 23 heavy (non-hydrogen) atoms. The van der Waals surface area contributed by atoms with Gasteiger partial charge in [0.25, 0.3) is 5.91 Å². The summed E-state index contributed by atoms with van der Waals surface area (Å²) in [6.07, 6.45) is 3.50. The Hall–Kier alpha value is -1.84. The number of amides is 2. The first-order valence-corrected chi connectivity index (χ1v) is 8.94. The molecule has 9 heteroatoms. The number of thiazole rings is 2. The summed E-state index contributed by atoms with van der Waals surface area (Å²) in [5.74, 6) is -0.658. The Balaban J connectivity index is 1.79. The lowest BCUT2D eigenvalue weighted by molar-refractivity contribution is -0.118. The first kappa shape index (κ1) is 16.0. The van der Waals surface area contributed by atoms with Crippen molar-refractivity contribution in [3.8, 4) is 0 Å². The van der Waals surface area contributed by atoms with E-state index in [9.17, 15) is 9.59 Å². The summed E-state index contributed by atoms with van der Waals surface area (Å²) in [7, 11) is 0. The lowest BCUT2D eigenvalue weighted by Crippen LogP contribution is -2.38. The fourth-order valence-corrected chi connectivity index (χ4v) is 3.71. The number of carbonyl (C=O) groups is 2. The molecule has 122 valence electrons. The van der Waals surface area contributed by atoms with E-state index in [1.807, 2.05) is 5.38 Å². The molecule has 0 spiro atoms. The maximum atomic E-state index is 12.7. The molecule has 0 radical (unpaired) electrons. The number of carbonyl (C=O) groups excluding carboxylic acids is 2. The minimum atomic E-state index is -0.544. The highest BCUT2D eigenvalue weighted by molar-refractivity contribution is 7.17. The lowest BCUT2D eigenvalue weighted by Gasteiger charge is -2.22. The molecule has 7 nitrogen and oxygen atoms in total. The van der Waals surface area contributed by atoms with Gasteiger partial charge in [-0.3, -0.25) is 14.5 Å². The quantitative estimate of drug-likeness (QED) is 0.848. The van der Waals surface area contributed by atoms with Crippen LogP contribution in [0, 0.1) is 0 Å². The van der Waals surface area contributed by atoms with Crippen LogP contribution in [0.25, 0.3) is 0 Å². The fourth-order valence-electron chi connectivity index (χ4n) is 2.36. The Labute approximate surface area is 141 Å². The normalized spacial score (nSPS) is 17.3. The second-order valence-corrected chi connectivity index (χ2v) is 6.90. The highest BCUT2D eigenvalue weighted by Crippen LogP contribution is 2.25. The first-order valence-electron chi connectivity index (χ1n) is 7.18. The van der Waals surface area contributed by atoms with Crippen molar-refractivity contribution in [2.24, 2.45) is 5.73 Å². The van der Waals surface area contributed by atoms with E-state index in [1.165, 1.54) is 17.5 Å². The second-order valence-electron chi connectivity index (χ2n) is 5.17. The predicted octanol–water partition coefficient (Wildman–Crippen LogP) is 1.45. The van der Waals surface area contributed by atoms with Crippen LogP contribution in [0.4, 0.5) is 5.13 Å². The molecule has 0 aliphatic carbocycles. The molecule has 0 aromatic carbocycles. The third kappa shape index (κ3) is 3.92. The first-order chi connectivity index (χ1) is 11.1. The van der Waals surface area contributed by atoms with E-state index < -0.39 is 5.91 Å². The highest BCUT2D eigenvalue weighted by Gasteiger charge is 2.26. The van der Waals surface area contributed by atoms with Gasteiger partial charge in [0.1, 0.15) is 4.88 Å².